The topological polar surface area (TPSA) is 24.7 Å². The lowest BCUT2D eigenvalue weighted by Gasteiger charge is -2.12. The number of hydrogen-bond acceptors (Lipinski definition) is 2. The van der Waals surface area contributed by atoms with Crippen molar-refractivity contribution in [3.05, 3.63) is 12.7 Å². The van der Waals surface area contributed by atoms with E-state index in [0.717, 1.165) is 18.0 Å². The van der Waals surface area contributed by atoms with E-state index in [4.69, 9.17) is 0 Å². The second-order valence-corrected chi connectivity index (χ2v) is 2.49. The molecule has 10 heavy (non-hydrogen) atoms. The number of aliphatic imine (C=N–C) groups is 2. The van der Waals surface area contributed by atoms with Crippen molar-refractivity contribution in [1.82, 2.24) is 0 Å². The fraction of sp³-hybridized carbons (Fsp3) is 0.500. The third-order valence-electron chi connectivity index (χ3n) is 1.50. The van der Waals surface area contributed by atoms with Crippen molar-refractivity contribution in [2.24, 2.45) is 9.98 Å². The zero-order valence-corrected chi connectivity index (χ0v) is 6.46. The second kappa shape index (κ2) is 2.78. The van der Waals surface area contributed by atoms with Gasteiger partial charge in [0.2, 0.25) is 0 Å². The van der Waals surface area contributed by atoms with Crippen LogP contribution >= 0.6 is 0 Å². The van der Waals surface area contributed by atoms with Crippen LogP contribution in [0, 0.1) is 0 Å². The summed E-state index contributed by atoms with van der Waals surface area (Å²) in [6, 6.07) is 0.351. The highest BCUT2D eigenvalue weighted by Gasteiger charge is 2.07. The van der Waals surface area contributed by atoms with Gasteiger partial charge in [-0.15, -0.1) is 0 Å². The lowest BCUT2D eigenvalue weighted by Crippen LogP contribution is -2.20. The summed E-state index contributed by atoms with van der Waals surface area (Å²) in [6.07, 6.45) is 1.75. The van der Waals surface area contributed by atoms with Gasteiger partial charge in [-0.2, -0.15) is 0 Å². The predicted octanol–water partition coefficient (Wildman–Crippen LogP) is 1.48. The van der Waals surface area contributed by atoms with Gasteiger partial charge in [0.25, 0.3) is 0 Å². The summed E-state index contributed by atoms with van der Waals surface area (Å²) >= 11 is 0. The van der Waals surface area contributed by atoms with Crippen LogP contribution in [-0.4, -0.2) is 24.0 Å². The van der Waals surface area contributed by atoms with Crippen molar-refractivity contribution in [3.8, 4) is 0 Å². The van der Waals surface area contributed by atoms with Gasteiger partial charge >= 0.3 is 0 Å². The molecule has 0 saturated heterocycles. The Balaban J connectivity index is 2.81. The largest absolute Gasteiger partial charge is 0.283 e. The number of rotatable bonds is 1. The number of hydrogen-bond donors (Lipinski definition) is 0. The average Bonchev–Trinajstić information content (AvgIpc) is 1.88. The Bertz CT molecular complexity index is 201. The molecule has 1 heterocycles. The van der Waals surface area contributed by atoms with Gasteiger partial charge in [0, 0.05) is 0 Å². The lowest BCUT2D eigenvalue weighted by molar-refractivity contribution is 0.749. The van der Waals surface area contributed by atoms with E-state index in [1.165, 1.54) is 0 Å². The molecule has 0 N–H and O–H groups in total. The van der Waals surface area contributed by atoms with E-state index in [0.29, 0.717) is 6.04 Å². The molecule has 0 fully saturated rings. The molecule has 0 spiro atoms. The minimum absolute atomic E-state index is 0.351. The van der Waals surface area contributed by atoms with E-state index in [1.54, 1.807) is 6.08 Å². The van der Waals surface area contributed by atoms with Gasteiger partial charge in [-0.05, 0) is 19.9 Å². The third-order valence-corrected chi connectivity index (χ3v) is 1.50. The summed E-state index contributed by atoms with van der Waals surface area (Å²) in [5, 5.41) is 0. The maximum absolute atomic E-state index is 4.35. The van der Waals surface area contributed by atoms with E-state index < -0.39 is 0 Å². The van der Waals surface area contributed by atoms with Gasteiger partial charge < -0.3 is 0 Å². The first-order valence-corrected chi connectivity index (χ1v) is 3.45. The van der Waals surface area contributed by atoms with E-state index in [2.05, 4.69) is 23.5 Å². The maximum Gasteiger partial charge on any atom is 0.0776 e. The monoisotopic (exact) mass is 136 g/mol. The lowest BCUT2D eigenvalue weighted by atomic mass is 10.2. The standard InChI is InChI=1S/C8H12N2/c1-4-8-7(3)10-6(2)5-9-8/h4,6H,1,5H2,2-3H3. The van der Waals surface area contributed by atoms with Crippen LogP contribution in [0.2, 0.25) is 0 Å². The molecule has 2 nitrogen and oxygen atoms in total. The van der Waals surface area contributed by atoms with Crippen LogP contribution in [0.1, 0.15) is 13.8 Å². The fourth-order valence-corrected chi connectivity index (χ4v) is 0.995. The Morgan fingerprint density at radius 1 is 1.70 bits per heavy atom. The Morgan fingerprint density at radius 2 is 2.40 bits per heavy atom. The van der Waals surface area contributed by atoms with Gasteiger partial charge in [0.15, 0.2) is 0 Å². The molecule has 2 heteroatoms. The Kier molecular flexibility index (Phi) is 2.00. The van der Waals surface area contributed by atoms with Crippen molar-refractivity contribution < 1.29 is 0 Å². The molecule has 1 atom stereocenters. The summed E-state index contributed by atoms with van der Waals surface area (Å²) in [5.41, 5.74) is 1.95. The molecule has 0 radical (unpaired) electrons. The molecule has 0 aliphatic carbocycles. The van der Waals surface area contributed by atoms with Crippen LogP contribution in [0.5, 0.6) is 0 Å². The molecule has 0 aromatic rings. The van der Waals surface area contributed by atoms with Gasteiger partial charge in [0.05, 0.1) is 24.0 Å². The van der Waals surface area contributed by atoms with Crippen LogP contribution in [0.3, 0.4) is 0 Å². The van der Waals surface area contributed by atoms with Crippen molar-refractivity contribution in [1.29, 1.82) is 0 Å². The van der Waals surface area contributed by atoms with Gasteiger partial charge in [-0.3, -0.25) is 9.98 Å². The molecular weight excluding hydrogens is 124 g/mol. The van der Waals surface area contributed by atoms with Gasteiger partial charge in [0.1, 0.15) is 0 Å². The molecule has 0 amide bonds. The first-order chi connectivity index (χ1) is 4.74. The maximum atomic E-state index is 4.35. The van der Waals surface area contributed by atoms with E-state index >= 15 is 0 Å². The summed E-state index contributed by atoms with van der Waals surface area (Å²) in [5.74, 6) is 0. The summed E-state index contributed by atoms with van der Waals surface area (Å²) in [7, 11) is 0. The molecule has 1 rings (SSSR count). The Morgan fingerprint density at radius 3 is 2.90 bits per heavy atom. The fourth-order valence-electron chi connectivity index (χ4n) is 0.995. The summed E-state index contributed by atoms with van der Waals surface area (Å²) in [4.78, 5) is 8.63. The average molecular weight is 136 g/mol. The van der Waals surface area contributed by atoms with Crippen LogP contribution in [0.4, 0.5) is 0 Å². The molecule has 0 bridgehead atoms. The first kappa shape index (κ1) is 7.19. The van der Waals surface area contributed by atoms with Crippen LogP contribution < -0.4 is 0 Å². The molecule has 0 aromatic carbocycles. The van der Waals surface area contributed by atoms with Gasteiger partial charge in [-0.25, -0.2) is 0 Å². The van der Waals surface area contributed by atoms with Crippen molar-refractivity contribution in [3.63, 3.8) is 0 Å². The van der Waals surface area contributed by atoms with Crippen molar-refractivity contribution >= 4 is 11.4 Å². The summed E-state index contributed by atoms with van der Waals surface area (Å²) in [6.45, 7) is 8.48. The normalized spacial score (nSPS) is 25.2. The SMILES string of the molecule is C=CC1=NCC(C)N=C1C. The molecule has 1 unspecified atom stereocenters. The smallest absolute Gasteiger partial charge is 0.0776 e. The molecular formula is C8H12N2. The van der Waals surface area contributed by atoms with Crippen molar-refractivity contribution in [2.45, 2.75) is 19.9 Å². The zero-order valence-electron chi connectivity index (χ0n) is 6.46. The third kappa shape index (κ3) is 1.32. The zero-order chi connectivity index (χ0) is 7.56. The Hall–Kier alpha value is -0.920. The molecule has 54 valence electrons. The highest BCUT2D eigenvalue weighted by atomic mass is 14.9. The van der Waals surface area contributed by atoms with E-state index in [1.807, 2.05) is 6.92 Å². The van der Waals surface area contributed by atoms with E-state index in [9.17, 15) is 0 Å². The van der Waals surface area contributed by atoms with Crippen LogP contribution in [0.15, 0.2) is 22.6 Å². The molecule has 0 saturated carbocycles. The molecule has 1 aliphatic heterocycles. The van der Waals surface area contributed by atoms with E-state index in [-0.39, 0.29) is 0 Å². The van der Waals surface area contributed by atoms with Crippen LogP contribution in [0.25, 0.3) is 0 Å². The number of nitrogens with zero attached hydrogens (tertiary/aromatic N) is 2. The molecule has 0 aromatic heterocycles. The second-order valence-electron chi connectivity index (χ2n) is 2.49. The first-order valence-electron chi connectivity index (χ1n) is 3.45. The highest BCUT2D eigenvalue weighted by molar-refractivity contribution is 6.45. The van der Waals surface area contributed by atoms with Crippen molar-refractivity contribution in [2.75, 3.05) is 6.54 Å². The minimum atomic E-state index is 0.351. The minimum Gasteiger partial charge on any atom is -0.283 e. The number of allylic oxidation sites excluding steroid dienone is 1. The predicted molar refractivity (Wildman–Crippen MR) is 45.1 cm³/mol. The highest BCUT2D eigenvalue weighted by Crippen LogP contribution is 2.01. The van der Waals surface area contributed by atoms with Crippen LogP contribution in [-0.2, 0) is 0 Å². The van der Waals surface area contributed by atoms with Gasteiger partial charge in [-0.1, -0.05) is 6.58 Å². The quantitative estimate of drug-likeness (QED) is 0.521. The molecule has 1 aliphatic rings. The summed E-state index contributed by atoms with van der Waals surface area (Å²) < 4.78 is 0. The Labute approximate surface area is 61.4 Å².